The van der Waals surface area contributed by atoms with Gasteiger partial charge in [0.25, 0.3) is 5.91 Å². The number of pyridine rings is 1. The van der Waals surface area contributed by atoms with Gasteiger partial charge in [0.2, 0.25) is 5.91 Å². The van der Waals surface area contributed by atoms with Crippen molar-refractivity contribution in [3.8, 4) is 11.3 Å². The minimum Gasteiger partial charge on any atom is -0.355 e. The Balaban J connectivity index is 1.33. The highest BCUT2D eigenvalue weighted by molar-refractivity contribution is 7.09. The first-order valence-electron chi connectivity index (χ1n) is 9.76. The number of nitrogens with one attached hydrogen (secondary N) is 2. The molecule has 0 aliphatic carbocycles. The van der Waals surface area contributed by atoms with Crippen molar-refractivity contribution in [3.63, 3.8) is 0 Å². The van der Waals surface area contributed by atoms with Crippen LogP contribution in [0.2, 0.25) is 0 Å². The van der Waals surface area contributed by atoms with E-state index in [0.717, 1.165) is 24.8 Å². The first-order valence-corrected chi connectivity index (χ1v) is 10.6. The second-order valence-corrected chi connectivity index (χ2v) is 8.15. The number of hydrogen-bond acceptors (Lipinski definition) is 5. The summed E-state index contributed by atoms with van der Waals surface area (Å²) in [5.41, 5.74) is 1.97. The van der Waals surface area contributed by atoms with Crippen molar-refractivity contribution >= 4 is 23.2 Å². The molecule has 0 bridgehead atoms. The van der Waals surface area contributed by atoms with Gasteiger partial charge in [-0.25, -0.2) is 0 Å². The molecule has 0 spiro atoms. The van der Waals surface area contributed by atoms with E-state index in [9.17, 15) is 9.59 Å². The fraction of sp³-hybridized carbons (Fsp3) is 0.333. The van der Waals surface area contributed by atoms with Crippen LogP contribution in [-0.4, -0.2) is 51.5 Å². The molecule has 1 atom stereocenters. The highest BCUT2D eigenvalue weighted by Crippen LogP contribution is 2.21. The predicted molar refractivity (Wildman–Crippen MR) is 111 cm³/mol. The molecule has 0 aromatic carbocycles. The van der Waals surface area contributed by atoms with Crippen molar-refractivity contribution in [1.29, 1.82) is 0 Å². The van der Waals surface area contributed by atoms with E-state index in [1.807, 2.05) is 23.6 Å². The second-order valence-electron chi connectivity index (χ2n) is 7.12. The van der Waals surface area contributed by atoms with Gasteiger partial charge in [-0.15, -0.1) is 11.3 Å². The van der Waals surface area contributed by atoms with Crippen LogP contribution in [-0.2, 0) is 11.2 Å². The summed E-state index contributed by atoms with van der Waals surface area (Å²) in [7, 11) is 0. The van der Waals surface area contributed by atoms with Crippen molar-refractivity contribution in [2.45, 2.75) is 19.3 Å². The number of nitrogens with zero attached hydrogens (tertiary/aromatic N) is 3. The summed E-state index contributed by atoms with van der Waals surface area (Å²) < 4.78 is 0. The lowest BCUT2D eigenvalue weighted by Gasteiger charge is -2.31. The van der Waals surface area contributed by atoms with E-state index >= 15 is 0 Å². The van der Waals surface area contributed by atoms with Crippen LogP contribution in [0.4, 0.5) is 0 Å². The number of hydrogen-bond donors (Lipinski definition) is 2. The van der Waals surface area contributed by atoms with Gasteiger partial charge in [0.15, 0.2) is 0 Å². The Morgan fingerprint density at radius 1 is 1.31 bits per heavy atom. The first kappa shape index (κ1) is 19.3. The number of carbonyl (C=O) groups excluding carboxylic acids is 2. The van der Waals surface area contributed by atoms with E-state index < -0.39 is 0 Å². The minimum atomic E-state index is -0.170. The number of aromatic amines is 1. The topological polar surface area (TPSA) is 91.0 Å². The van der Waals surface area contributed by atoms with Gasteiger partial charge in [0.05, 0.1) is 11.6 Å². The van der Waals surface area contributed by atoms with Gasteiger partial charge in [-0.3, -0.25) is 19.7 Å². The highest BCUT2D eigenvalue weighted by Gasteiger charge is 2.29. The normalized spacial score (nSPS) is 16.6. The van der Waals surface area contributed by atoms with Gasteiger partial charge in [-0.1, -0.05) is 6.07 Å². The maximum absolute atomic E-state index is 12.9. The van der Waals surface area contributed by atoms with E-state index in [-0.39, 0.29) is 17.7 Å². The van der Waals surface area contributed by atoms with E-state index in [0.29, 0.717) is 31.0 Å². The molecule has 2 N–H and O–H groups in total. The van der Waals surface area contributed by atoms with Gasteiger partial charge in [0.1, 0.15) is 5.69 Å². The maximum atomic E-state index is 12.9. The van der Waals surface area contributed by atoms with Gasteiger partial charge in [0, 0.05) is 42.5 Å². The Bertz CT molecular complexity index is 955. The number of rotatable bonds is 6. The van der Waals surface area contributed by atoms with Crippen LogP contribution >= 0.6 is 11.3 Å². The van der Waals surface area contributed by atoms with Crippen LogP contribution in [0.15, 0.2) is 48.1 Å². The molecule has 0 saturated carbocycles. The third kappa shape index (κ3) is 4.71. The number of aromatic nitrogens is 3. The number of piperidine rings is 1. The fourth-order valence-electron chi connectivity index (χ4n) is 3.55. The molecule has 1 aliphatic rings. The third-order valence-corrected chi connectivity index (χ3v) is 6.03. The molecular weight excluding hydrogens is 386 g/mol. The molecule has 4 heterocycles. The van der Waals surface area contributed by atoms with Crippen molar-refractivity contribution in [2.24, 2.45) is 5.92 Å². The summed E-state index contributed by atoms with van der Waals surface area (Å²) in [6.07, 6.45) is 5.87. The van der Waals surface area contributed by atoms with E-state index in [4.69, 9.17) is 0 Å². The molecule has 0 radical (unpaired) electrons. The van der Waals surface area contributed by atoms with Crippen LogP contribution in [0, 0.1) is 5.92 Å². The van der Waals surface area contributed by atoms with E-state index in [1.54, 1.807) is 34.7 Å². The Morgan fingerprint density at radius 3 is 3.03 bits per heavy atom. The lowest BCUT2D eigenvalue weighted by Crippen LogP contribution is -2.45. The molecule has 7 nitrogen and oxygen atoms in total. The standard InChI is InChI=1S/C21H23N5O2S/c27-20(23-9-7-17-6-3-11-29-17)16-5-2-10-26(14-16)21(28)19-12-18(24-25-19)15-4-1-8-22-13-15/h1,3-4,6,8,11-13,16H,2,5,7,9-10,14H2,(H,23,27)(H,24,25)/t16-/m0/s1. The zero-order valence-electron chi connectivity index (χ0n) is 16.0. The smallest absolute Gasteiger partial charge is 0.271 e. The molecule has 8 heteroatoms. The molecule has 150 valence electrons. The minimum absolute atomic E-state index is 0.0275. The molecule has 1 aliphatic heterocycles. The van der Waals surface area contributed by atoms with E-state index in [1.165, 1.54) is 4.88 Å². The molecule has 29 heavy (non-hydrogen) atoms. The highest BCUT2D eigenvalue weighted by atomic mass is 32.1. The molecule has 2 amide bonds. The SMILES string of the molecule is O=C(NCCc1cccs1)[C@H]1CCCN(C(=O)c2cc(-c3cccnc3)n[nH]2)C1. The molecule has 0 unspecified atom stereocenters. The van der Waals surface area contributed by atoms with Gasteiger partial charge in [-0.2, -0.15) is 5.10 Å². The maximum Gasteiger partial charge on any atom is 0.271 e. The molecule has 1 saturated heterocycles. The van der Waals surface area contributed by atoms with Crippen molar-refractivity contribution in [3.05, 3.63) is 58.7 Å². The predicted octanol–water partition coefficient (Wildman–Crippen LogP) is 2.74. The number of thiophene rings is 1. The Labute approximate surface area is 173 Å². The van der Waals surface area contributed by atoms with Crippen molar-refractivity contribution < 1.29 is 9.59 Å². The van der Waals surface area contributed by atoms with Crippen molar-refractivity contribution in [2.75, 3.05) is 19.6 Å². The van der Waals surface area contributed by atoms with Crippen LogP contribution in [0.1, 0.15) is 28.2 Å². The first-order chi connectivity index (χ1) is 14.2. The fourth-order valence-corrected chi connectivity index (χ4v) is 4.26. The number of likely N-dealkylation sites (tertiary alicyclic amines) is 1. The Morgan fingerprint density at radius 2 is 2.24 bits per heavy atom. The molecular formula is C21H23N5O2S. The number of H-pyrrole nitrogens is 1. The lowest BCUT2D eigenvalue weighted by atomic mass is 9.96. The Kier molecular flexibility index (Phi) is 6.00. The summed E-state index contributed by atoms with van der Waals surface area (Å²) in [5, 5.41) is 12.1. The second kappa shape index (κ2) is 9.00. The average Bonchev–Trinajstić information content (AvgIpc) is 3.46. The summed E-state index contributed by atoms with van der Waals surface area (Å²) in [6, 6.07) is 9.56. The molecule has 4 rings (SSSR count). The molecule has 3 aromatic rings. The zero-order chi connectivity index (χ0) is 20.1. The summed E-state index contributed by atoms with van der Waals surface area (Å²) in [5.74, 6) is -0.264. The van der Waals surface area contributed by atoms with E-state index in [2.05, 4.69) is 26.6 Å². The monoisotopic (exact) mass is 409 g/mol. The van der Waals surface area contributed by atoms with Gasteiger partial charge >= 0.3 is 0 Å². The Hall–Kier alpha value is -3.00. The molecule has 1 fully saturated rings. The lowest BCUT2D eigenvalue weighted by molar-refractivity contribution is -0.126. The summed E-state index contributed by atoms with van der Waals surface area (Å²) in [6.45, 7) is 1.71. The number of amides is 2. The number of carbonyl (C=O) groups is 2. The zero-order valence-corrected chi connectivity index (χ0v) is 16.8. The van der Waals surface area contributed by atoms with Gasteiger partial charge in [-0.05, 0) is 48.9 Å². The van der Waals surface area contributed by atoms with Crippen LogP contribution in [0.5, 0.6) is 0 Å². The third-order valence-electron chi connectivity index (χ3n) is 5.10. The van der Waals surface area contributed by atoms with Crippen molar-refractivity contribution in [1.82, 2.24) is 25.4 Å². The quantitative estimate of drug-likeness (QED) is 0.655. The van der Waals surface area contributed by atoms with Gasteiger partial charge < -0.3 is 10.2 Å². The average molecular weight is 410 g/mol. The summed E-state index contributed by atoms with van der Waals surface area (Å²) >= 11 is 1.69. The largest absolute Gasteiger partial charge is 0.355 e. The molecule has 3 aromatic heterocycles. The van der Waals surface area contributed by atoms with Crippen LogP contribution in [0.3, 0.4) is 0 Å². The summed E-state index contributed by atoms with van der Waals surface area (Å²) in [4.78, 5) is 32.5. The van der Waals surface area contributed by atoms with Crippen LogP contribution < -0.4 is 5.32 Å². The van der Waals surface area contributed by atoms with Crippen LogP contribution in [0.25, 0.3) is 11.3 Å².